The Kier molecular flexibility index (Phi) is 5.35. The molecular weight excluding hydrogens is 613 g/mol. The Morgan fingerprint density at radius 1 is 0.460 bits per heavy atom. The van der Waals surface area contributed by atoms with Crippen LogP contribution >= 0.6 is 0 Å². The van der Waals surface area contributed by atoms with Crippen molar-refractivity contribution in [2.24, 2.45) is 0 Å². The van der Waals surface area contributed by atoms with Gasteiger partial charge in [0, 0.05) is 50.0 Å². The average Bonchev–Trinajstić information content (AvgIpc) is 3.77. The number of hydrogen-bond donors (Lipinski definition) is 0. The summed E-state index contributed by atoms with van der Waals surface area (Å²) in [4.78, 5) is 14.1. The third-order valence-electron chi connectivity index (χ3n) is 9.15. The van der Waals surface area contributed by atoms with Crippen LogP contribution in [-0.2, 0) is 0 Å². The molecule has 0 bridgehead atoms. The summed E-state index contributed by atoms with van der Waals surface area (Å²) in [5, 5.41) is 4.23. The van der Waals surface area contributed by atoms with Crippen molar-refractivity contribution >= 4 is 43.7 Å². The van der Waals surface area contributed by atoms with Gasteiger partial charge >= 0.3 is 0 Å². The van der Waals surface area contributed by atoms with Crippen LogP contribution in [0.3, 0.4) is 0 Å². The molecule has 0 aliphatic heterocycles. The first kappa shape index (κ1) is 23.5. The van der Waals surface area contributed by atoms with Crippen molar-refractivity contribution in [3.63, 3.8) is 0 Å². The van der Waals surface area contributed by atoms with Crippen LogP contribution in [0.5, 0.6) is 0 Å². The summed E-state index contributed by atoms with van der Waals surface area (Å²) in [6, 6.07) is 44.5. The normalized spacial score (nSPS) is 13.0. The van der Waals surface area contributed by atoms with Crippen LogP contribution in [0, 0.1) is 0 Å². The predicted molar refractivity (Wildman–Crippen MR) is 203 cm³/mol. The highest BCUT2D eigenvalue weighted by atomic mass is 16.3. The lowest BCUT2D eigenvalue weighted by Crippen LogP contribution is -2.00. The van der Waals surface area contributed by atoms with Gasteiger partial charge in [0.25, 0.3) is 0 Å². The molecule has 0 unspecified atom stereocenters. The van der Waals surface area contributed by atoms with Gasteiger partial charge in [0.05, 0.1) is 17.9 Å². The fraction of sp³-hybridized carbons (Fsp3) is 0. The smallest absolute Gasteiger partial charge is 0.164 e. The molecule has 3 aromatic heterocycles. The van der Waals surface area contributed by atoms with Gasteiger partial charge in [-0.3, -0.25) is 0 Å². The van der Waals surface area contributed by atoms with Gasteiger partial charge in [-0.15, -0.1) is 0 Å². The maximum atomic E-state index is 8.61. The molecule has 0 spiro atoms. The molecule has 3 heterocycles. The molecule has 0 amide bonds. The third kappa shape index (κ3) is 4.60. The highest BCUT2D eigenvalue weighted by Gasteiger charge is 2.18. The summed E-state index contributed by atoms with van der Waals surface area (Å²) in [7, 11) is 0. The maximum Gasteiger partial charge on any atom is 0.164 e. The number of nitrogens with zero attached hydrogens (tertiary/aromatic N) is 4. The zero-order valence-corrected chi connectivity index (χ0v) is 26.5. The second-order valence-electron chi connectivity index (χ2n) is 12.1. The molecule has 234 valence electrons. The van der Waals surface area contributed by atoms with E-state index in [9.17, 15) is 0 Å². The molecule has 0 aliphatic rings. The summed E-state index contributed by atoms with van der Waals surface area (Å²) >= 11 is 0. The third-order valence-corrected chi connectivity index (χ3v) is 9.15. The van der Waals surface area contributed by atoms with E-state index < -0.39 is 18.1 Å². The molecule has 0 aliphatic carbocycles. The first-order valence-corrected chi connectivity index (χ1v) is 16.3. The molecule has 0 saturated heterocycles. The Hall–Kier alpha value is -6.85. The van der Waals surface area contributed by atoms with E-state index in [1.807, 2.05) is 54.6 Å². The van der Waals surface area contributed by atoms with Crippen LogP contribution in [0.25, 0.3) is 94.7 Å². The highest BCUT2D eigenvalue weighted by Crippen LogP contribution is 2.40. The molecule has 0 atom stereocenters. The Bertz CT molecular complexity index is 3130. The van der Waals surface area contributed by atoms with Crippen molar-refractivity contribution < 1.29 is 11.3 Å². The zero-order chi connectivity index (χ0) is 37.4. The van der Waals surface area contributed by atoms with Crippen LogP contribution in [-0.4, -0.2) is 19.5 Å². The Morgan fingerprint density at radius 2 is 1.08 bits per heavy atom. The quantitative estimate of drug-likeness (QED) is 0.187. The number of rotatable bonds is 5. The average molecular weight is 646 g/mol. The summed E-state index contributed by atoms with van der Waals surface area (Å²) < 4.78 is 50.7. The van der Waals surface area contributed by atoms with E-state index in [0.29, 0.717) is 22.5 Å². The standard InChI is InChI=1S/C45H28N4O/c1-4-13-29(14-5-1)34-20-12-22-39-42(34)37-19-10-11-21-38(37)49(39)33-24-26-36-35-25-23-32(27-40(35)50-41(36)28-33)45-47-43(30-15-6-2-7-16-30)46-44(48-45)31-17-8-3-9-18-31/h1-28H/i2D,6D,7D,15D,16D. The Morgan fingerprint density at radius 3 is 1.86 bits per heavy atom. The molecule has 0 fully saturated rings. The first-order valence-electron chi connectivity index (χ1n) is 18.8. The number of fused-ring (bicyclic) bond motifs is 6. The van der Waals surface area contributed by atoms with Crippen LogP contribution < -0.4 is 0 Å². The van der Waals surface area contributed by atoms with E-state index in [4.69, 9.17) is 21.2 Å². The number of hydrogen-bond acceptors (Lipinski definition) is 4. The van der Waals surface area contributed by atoms with Gasteiger partial charge in [-0.1, -0.05) is 127 Å². The lowest BCUT2D eigenvalue weighted by Gasteiger charge is -2.09. The Balaban J connectivity index is 1.13. The molecule has 5 nitrogen and oxygen atoms in total. The van der Waals surface area contributed by atoms with E-state index in [1.54, 1.807) is 0 Å². The van der Waals surface area contributed by atoms with Crippen molar-refractivity contribution in [3.8, 4) is 51.0 Å². The minimum absolute atomic E-state index is 0.0169. The predicted octanol–water partition coefficient (Wildman–Crippen LogP) is 11.5. The summed E-state index contributed by atoms with van der Waals surface area (Å²) in [5.74, 6) is 0.568. The Labute approximate surface area is 294 Å². The molecule has 10 rings (SSSR count). The van der Waals surface area contributed by atoms with Crippen molar-refractivity contribution in [2.75, 3.05) is 0 Å². The second-order valence-corrected chi connectivity index (χ2v) is 12.1. The van der Waals surface area contributed by atoms with Gasteiger partial charge in [-0.05, 0) is 47.5 Å². The number of benzene rings is 7. The van der Waals surface area contributed by atoms with Gasteiger partial charge < -0.3 is 8.98 Å². The molecule has 5 heteroatoms. The van der Waals surface area contributed by atoms with Crippen molar-refractivity contribution in [2.45, 2.75) is 0 Å². The van der Waals surface area contributed by atoms with Gasteiger partial charge in [0.1, 0.15) is 11.2 Å². The van der Waals surface area contributed by atoms with E-state index in [-0.39, 0.29) is 29.3 Å². The van der Waals surface area contributed by atoms with Gasteiger partial charge in [-0.25, -0.2) is 15.0 Å². The SMILES string of the molecule is [2H]c1c([2H])c([2H])c(-c2nc(-c3ccccc3)nc(-c3ccc4c(c3)oc3cc(-n5c6ccccc6c6c(-c7ccccc7)cccc65)ccc34)n2)c([2H])c1[2H]. The van der Waals surface area contributed by atoms with Gasteiger partial charge in [0.2, 0.25) is 0 Å². The molecule has 0 N–H and O–H groups in total. The van der Waals surface area contributed by atoms with Crippen LogP contribution in [0.2, 0.25) is 0 Å². The minimum Gasteiger partial charge on any atom is -0.456 e. The lowest BCUT2D eigenvalue weighted by molar-refractivity contribution is 0.668. The van der Waals surface area contributed by atoms with Gasteiger partial charge in [0.15, 0.2) is 17.5 Å². The number of para-hydroxylation sites is 1. The van der Waals surface area contributed by atoms with Crippen LogP contribution in [0.4, 0.5) is 0 Å². The van der Waals surface area contributed by atoms with Gasteiger partial charge in [-0.2, -0.15) is 0 Å². The fourth-order valence-electron chi connectivity index (χ4n) is 6.89. The number of aromatic nitrogens is 4. The van der Waals surface area contributed by atoms with Crippen molar-refractivity contribution in [1.29, 1.82) is 0 Å². The van der Waals surface area contributed by atoms with Crippen LogP contribution in [0.1, 0.15) is 6.85 Å². The minimum atomic E-state index is -0.482. The molecule has 10 aromatic rings. The zero-order valence-electron chi connectivity index (χ0n) is 31.5. The molecular formula is C45H28N4O. The summed E-state index contributed by atoms with van der Waals surface area (Å²) in [6.45, 7) is 0. The van der Waals surface area contributed by atoms with Crippen molar-refractivity contribution in [3.05, 3.63) is 170 Å². The first-order chi connectivity index (χ1) is 26.9. The number of furan rings is 1. The fourth-order valence-corrected chi connectivity index (χ4v) is 6.89. The molecule has 0 radical (unpaired) electrons. The molecule has 50 heavy (non-hydrogen) atoms. The second kappa shape index (κ2) is 11.4. The van der Waals surface area contributed by atoms with E-state index in [2.05, 4.69) is 94.5 Å². The molecule has 7 aromatic carbocycles. The van der Waals surface area contributed by atoms with Crippen LogP contribution in [0.15, 0.2) is 174 Å². The summed E-state index contributed by atoms with van der Waals surface area (Å²) in [6.07, 6.45) is 0. The van der Waals surface area contributed by atoms with E-state index in [0.717, 1.165) is 38.6 Å². The monoisotopic (exact) mass is 645 g/mol. The highest BCUT2D eigenvalue weighted by molar-refractivity contribution is 6.16. The van der Waals surface area contributed by atoms with Crippen molar-refractivity contribution in [1.82, 2.24) is 19.5 Å². The maximum absolute atomic E-state index is 8.61. The van der Waals surface area contributed by atoms with E-state index >= 15 is 0 Å². The lowest BCUT2D eigenvalue weighted by atomic mass is 9.99. The summed E-state index contributed by atoms with van der Waals surface area (Å²) in [5.41, 5.74) is 8.06. The topological polar surface area (TPSA) is 56.7 Å². The largest absolute Gasteiger partial charge is 0.456 e. The molecule has 0 saturated carbocycles. The van der Waals surface area contributed by atoms with E-state index in [1.165, 1.54) is 16.3 Å².